The smallest absolute Gasteiger partial charge is 0.0893 e. The molecular formula is C19H15N. The topological polar surface area (TPSA) is 23.8 Å². The van der Waals surface area contributed by atoms with Gasteiger partial charge in [0.2, 0.25) is 0 Å². The third-order valence-electron chi connectivity index (χ3n) is 4.93. The van der Waals surface area contributed by atoms with Gasteiger partial charge in [-0.15, -0.1) is 0 Å². The lowest BCUT2D eigenvalue weighted by Gasteiger charge is -2.52. The van der Waals surface area contributed by atoms with Crippen molar-refractivity contribution >= 4 is 6.08 Å². The molecule has 96 valence electrons. The van der Waals surface area contributed by atoms with Crippen molar-refractivity contribution in [1.29, 1.82) is 5.26 Å². The van der Waals surface area contributed by atoms with E-state index in [1.54, 1.807) is 0 Å². The van der Waals surface area contributed by atoms with E-state index in [-0.39, 0.29) is 5.41 Å². The van der Waals surface area contributed by atoms with Crippen LogP contribution >= 0.6 is 0 Å². The maximum atomic E-state index is 9.83. The van der Waals surface area contributed by atoms with Crippen molar-refractivity contribution in [3.05, 3.63) is 77.4 Å². The molecule has 4 rings (SSSR count). The molecule has 0 bridgehead atoms. The summed E-state index contributed by atoms with van der Waals surface area (Å²) in [4.78, 5) is 0. The molecule has 2 aliphatic carbocycles. The standard InChI is InChI=1S/C19H15N/c20-13-19-11-10-14-6-4-5-9-16(14)18(19)12-17(19)15-7-2-1-3-8-15/h1-11,17-18H,12H2/t17-,18+,19-/m0/s1. The van der Waals surface area contributed by atoms with Gasteiger partial charge in [0.25, 0.3) is 0 Å². The molecule has 2 aromatic rings. The summed E-state index contributed by atoms with van der Waals surface area (Å²) in [5, 5.41) is 9.83. The van der Waals surface area contributed by atoms with Gasteiger partial charge in [0.1, 0.15) is 0 Å². The van der Waals surface area contributed by atoms with Gasteiger partial charge in [0.15, 0.2) is 0 Å². The molecule has 1 saturated carbocycles. The third-order valence-corrected chi connectivity index (χ3v) is 4.93. The predicted molar refractivity (Wildman–Crippen MR) is 80.1 cm³/mol. The van der Waals surface area contributed by atoms with E-state index in [9.17, 15) is 5.26 Å². The summed E-state index contributed by atoms with van der Waals surface area (Å²) in [6, 6.07) is 21.5. The Morgan fingerprint density at radius 1 is 0.950 bits per heavy atom. The van der Waals surface area contributed by atoms with Crippen LogP contribution in [0.5, 0.6) is 0 Å². The third kappa shape index (κ3) is 1.37. The van der Waals surface area contributed by atoms with Crippen LogP contribution in [0.15, 0.2) is 60.7 Å². The minimum atomic E-state index is -0.351. The van der Waals surface area contributed by atoms with Crippen molar-refractivity contribution in [3.8, 4) is 6.07 Å². The Balaban J connectivity index is 1.80. The first-order valence-corrected chi connectivity index (χ1v) is 7.09. The van der Waals surface area contributed by atoms with E-state index in [1.807, 2.05) is 6.07 Å². The van der Waals surface area contributed by atoms with Gasteiger partial charge in [-0.25, -0.2) is 0 Å². The first-order chi connectivity index (χ1) is 9.85. The Morgan fingerprint density at radius 3 is 2.50 bits per heavy atom. The maximum Gasteiger partial charge on any atom is 0.0893 e. The molecule has 3 atom stereocenters. The zero-order valence-corrected chi connectivity index (χ0v) is 11.2. The number of allylic oxidation sites excluding steroid dienone is 1. The van der Waals surface area contributed by atoms with Crippen molar-refractivity contribution in [2.45, 2.75) is 18.3 Å². The van der Waals surface area contributed by atoms with Crippen LogP contribution in [0, 0.1) is 16.7 Å². The summed E-state index contributed by atoms with van der Waals surface area (Å²) in [6.07, 6.45) is 5.34. The number of nitrogens with zero attached hydrogens (tertiary/aromatic N) is 1. The molecule has 0 aliphatic heterocycles. The first kappa shape index (κ1) is 11.5. The van der Waals surface area contributed by atoms with Crippen molar-refractivity contribution in [2.24, 2.45) is 5.41 Å². The van der Waals surface area contributed by atoms with Crippen LogP contribution in [0.4, 0.5) is 0 Å². The average Bonchev–Trinajstić information content (AvgIpc) is 2.49. The Bertz CT molecular complexity index is 723. The number of benzene rings is 2. The summed E-state index contributed by atoms with van der Waals surface area (Å²) < 4.78 is 0. The average molecular weight is 257 g/mol. The van der Waals surface area contributed by atoms with Gasteiger partial charge in [-0.05, 0) is 23.1 Å². The van der Waals surface area contributed by atoms with Crippen LogP contribution in [0.1, 0.15) is 34.9 Å². The molecule has 0 aromatic heterocycles. The van der Waals surface area contributed by atoms with Crippen LogP contribution in [-0.2, 0) is 0 Å². The SMILES string of the molecule is N#C[C@]12C=Cc3ccccc3[C@H]1C[C@H]2c1ccccc1. The van der Waals surface area contributed by atoms with Crippen molar-refractivity contribution < 1.29 is 0 Å². The van der Waals surface area contributed by atoms with Crippen LogP contribution in [-0.4, -0.2) is 0 Å². The number of fused-ring (bicyclic) bond motifs is 3. The molecule has 0 N–H and O–H groups in total. The van der Waals surface area contributed by atoms with E-state index >= 15 is 0 Å². The van der Waals surface area contributed by atoms with E-state index in [2.05, 4.69) is 66.8 Å². The largest absolute Gasteiger partial charge is 0.197 e. The molecule has 0 heterocycles. The number of hydrogen-bond donors (Lipinski definition) is 0. The van der Waals surface area contributed by atoms with Gasteiger partial charge in [0.05, 0.1) is 11.5 Å². The Hall–Kier alpha value is -2.33. The number of rotatable bonds is 1. The Morgan fingerprint density at radius 2 is 1.70 bits per heavy atom. The highest BCUT2D eigenvalue weighted by atomic mass is 14.6. The van der Waals surface area contributed by atoms with E-state index in [1.165, 1.54) is 16.7 Å². The van der Waals surface area contributed by atoms with Crippen LogP contribution in [0.2, 0.25) is 0 Å². The minimum Gasteiger partial charge on any atom is -0.197 e. The molecule has 1 fully saturated rings. The van der Waals surface area contributed by atoms with Gasteiger partial charge in [0, 0.05) is 11.8 Å². The normalized spacial score (nSPS) is 29.8. The minimum absolute atomic E-state index is 0.323. The fraction of sp³-hybridized carbons (Fsp3) is 0.211. The van der Waals surface area contributed by atoms with Crippen LogP contribution in [0.3, 0.4) is 0 Å². The number of nitriles is 1. The fourth-order valence-electron chi connectivity index (χ4n) is 3.82. The summed E-state index contributed by atoms with van der Waals surface area (Å²) in [7, 11) is 0. The second-order valence-corrected chi connectivity index (χ2v) is 5.76. The van der Waals surface area contributed by atoms with Gasteiger partial charge in [-0.3, -0.25) is 0 Å². The molecule has 0 saturated heterocycles. The second kappa shape index (κ2) is 4.08. The zero-order valence-electron chi connectivity index (χ0n) is 11.2. The van der Waals surface area contributed by atoms with Gasteiger partial charge < -0.3 is 0 Å². The van der Waals surface area contributed by atoms with E-state index in [4.69, 9.17) is 0 Å². The van der Waals surface area contributed by atoms with Crippen molar-refractivity contribution in [1.82, 2.24) is 0 Å². The quantitative estimate of drug-likeness (QED) is 0.738. The summed E-state index contributed by atoms with van der Waals surface area (Å²) in [5.41, 5.74) is 3.54. The predicted octanol–water partition coefficient (Wildman–Crippen LogP) is 4.49. The van der Waals surface area contributed by atoms with Crippen molar-refractivity contribution in [3.63, 3.8) is 0 Å². The molecule has 1 nitrogen and oxygen atoms in total. The Kier molecular flexibility index (Phi) is 2.35. The van der Waals surface area contributed by atoms with Crippen LogP contribution < -0.4 is 0 Å². The monoisotopic (exact) mass is 257 g/mol. The molecule has 0 amide bonds. The molecule has 20 heavy (non-hydrogen) atoms. The molecule has 2 aromatic carbocycles. The lowest BCUT2D eigenvalue weighted by molar-refractivity contribution is 0.172. The second-order valence-electron chi connectivity index (χ2n) is 5.76. The van der Waals surface area contributed by atoms with Gasteiger partial charge in [-0.2, -0.15) is 5.26 Å². The fourth-order valence-corrected chi connectivity index (χ4v) is 3.82. The first-order valence-electron chi connectivity index (χ1n) is 7.09. The highest BCUT2D eigenvalue weighted by molar-refractivity contribution is 5.64. The van der Waals surface area contributed by atoms with Gasteiger partial charge in [-0.1, -0.05) is 66.7 Å². The molecule has 2 aliphatic rings. The van der Waals surface area contributed by atoms with E-state index in [0.29, 0.717) is 11.8 Å². The molecule has 0 unspecified atom stereocenters. The lowest BCUT2D eigenvalue weighted by atomic mass is 9.48. The molecule has 1 heteroatoms. The summed E-state index contributed by atoms with van der Waals surface area (Å²) in [6.45, 7) is 0. The number of hydrogen-bond acceptors (Lipinski definition) is 1. The zero-order chi connectivity index (χ0) is 13.6. The Labute approximate surface area is 119 Å². The lowest BCUT2D eigenvalue weighted by Crippen LogP contribution is -2.45. The van der Waals surface area contributed by atoms with E-state index in [0.717, 1.165) is 6.42 Å². The highest BCUT2D eigenvalue weighted by Gasteiger charge is 2.56. The molecule has 0 spiro atoms. The van der Waals surface area contributed by atoms with E-state index < -0.39 is 0 Å². The summed E-state index contributed by atoms with van der Waals surface area (Å²) in [5.74, 6) is 0.669. The van der Waals surface area contributed by atoms with Gasteiger partial charge >= 0.3 is 0 Å². The molecular weight excluding hydrogens is 242 g/mol. The maximum absolute atomic E-state index is 9.83. The van der Waals surface area contributed by atoms with Crippen LogP contribution in [0.25, 0.3) is 6.08 Å². The molecule has 0 radical (unpaired) electrons. The summed E-state index contributed by atoms with van der Waals surface area (Å²) >= 11 is 0. The van der Waals surface area contributed by atoms with Crippen molar-refractivity contribution in [2.75, 3.05) is 0 Å². The highest BCUT2D eigenvalue weighted by Crippen LogP contribution is 2.64.